The molecule has 2 amide bonds. The highest BCUT2D eigenvalue weighted by molar-refractivity contribution is 6.09. The molecule has 0 saturated carbocycles. The third-order valence-corrected chi connectivity index (χ3v) is 3.91. The molecule has 3 rings (SSSR count). The summed E-state index contributed by atoms with van der Waals surface area (Å²) in [5.74, 6) is -0.679. The molecule has 0 aromatic heterocycles. The van der Waals surface area contributed by atoms with Crippen molar-refractivity contribution in [1.82, 2.24) is 5.43 Å². The van der Waals surface area contributed by atoms with Gasteiger partial charge in [-0.05, 0) is 36.8 Å². The third kappa shape index (κ3) is 4.89. The number of hydrogen-bond acceptors (Lipinski definition) is 3. The second-order valence-corrected chi connectivity index (χ2v) is 5.98. The predicted molar refractivity (Wildman–Crippen MR) is 107 cm³/mol. The lowest BCUT2D eigenvalue weighted by molar-refractivity contribution is 0.0956. The largest absolute Gasteiger partial charge is 0.321 e. The highest BCUT2D eigenvalue weighted by Gasteiger charge is 2.13. The van der Waals surface area contributed by atoms with Crippen molar-refractivity contribution < 1.29 is 9.59 Å². The molecule has 0 aliphatic heterocycles. The molecule has 0 bridgehead atoms. The van der Waals surface area contributed by atoms with Crippen molar-refractivity contribution in [3.63, 3.8) is 0 Å². The van der Waals surface area contributed by atoms with E-state index in [4.69, 9.17) is 0 Å². The van der Waals surface area contributed by atoms with E-state index in [1.807, 2.05) is 37.3 Å². The molecule has 2 N–H and O–H groups in total. The average molecular weight is 357 g/mol. The Morgan fingerprint density at radius 3 is 2.22 bits per heavy atom. The summed E-state index contributed by atoms with van der Waals surface area (Å²) in [6.07, 6.45) is 1.57. The van der Waals surface area contributed by atoms with Gasteiger partial charge in [-0.2, -0.15) is 5.10 Å². The Morgan fingerprint density at radius 1 is 0.815 bits per heavy atom. The van der Waals surface area contributed by atoms with Crippen molar-refractivity contribution in [1.29, 1.82) is 0 Å². The summed E-state index contributed by atoms with van der Waals surface area (Å²) in [5.41, 5.74) is 5.81. The number of hydrogen-bond donors (Lipinski definition) is 2. The van der Waals surface area contributed by atoms with Crippen molar-refractivity contribution in [2.75, 3.05) is 5.32 Å². The maximum atomic E-state index is 12.5. The van der Waals surface area contributed by atoms with Gasteiger partial charge in [0.1, 0.15) is 0 Å². The number of benzene rings is 3. The van der Waals surface area contributed by atoms with Crippen molar-refractivity contribution in [3.05, 3.63) is 101 Å². The fourth-order valence-electron chi connectivity index (χ4n) is 2.45. The van der Waals surface area contributed by atoms with Crippen LogP contribution in [-0.2, 0) is 0 Å². The highest BCUT2D eigenvalue weighted by Crippen LogP contribution is 2.16. The van der Waals surface area contributed by atoms with Crippen LogP contribution in [0.3, 0.4) is 0 Å². The zero-order valence-electron chi connectivity index (χ0n) is 14.8. The Labute approximate surface area is 157 Å². The second-order valence-electron chi connectivity index (χ2n) is 5.98. The van der Waals surface area contributed by atoms with E-state index in [1.54, 1.807) is 54.7 Å². The number of hydrazone groups is 1. The zero-order valence-corrected chi connectivity index (χ0v) is 14.8. The second kappa shape index (κ2) is 8.58. The number of aryl methyl sites for hydroxylation is 1. The first-order valence-corrected chi connectivity index (χ1v) is 8.49. The maximum absolute atomic E-state index is 12.5. The summed E-state index contributed by atoms with van der Waals surface area (Å²) in [5, 5.41) is 6.76. The lowest BCUT2D eigenvalue weighted by atomic mass is 10.1. The molecule has 0 unspecified atom stereocenters. The Hall–Kier alpha value is -3.73. The first-order valence-electron chi connectivity index (χ1n) is 8.49. The van der Waals surface area contributed by atoms with Crippen molar-refractivity contribution in [3.8, 4) is 0 Å². The number of para-hydroxylation sites is 1. The van der Waals surface area contributed by atoms with E-state index in [0.717, 1.165) is 11.1 Å². The minimum Gasteiger partial charge on any atom is -0.321 e. The normalized spacial score (nSPS) is 10.6. The zero-order chi connectivity index (χ0) is 19.1. The molecule has 27 heavy (non-hydrogen) atoms. The van der Waals surface area contributed by atoms with E-state index >= 15 is 0 Å². The van der Waals surface area contributed by atoms with Crippen LogP contribution in [0.5, 0.6) is 0 Å². The van der Waals surface area contributed by atoms with Gasteiger partial charge in [0, 0.05) is 5.56 Å². The van der Waals surface area contributed by atoms with Crippen molar-refractivity contribution in [2.24, 2.45) is 5.10 Å². The molecule has 5 nitrogen and oxygen atoms in total. The molecule has 0 heterocycles. The van der Waals surface area contributed by atoms with E-state index < -0.39 is 5.91 Å². The Kier molecular flexibility index (Phi) is 5.74. The molecular formula is C22H19N3O2. The number of carbonyl (C=O) groups excluding carboxylic acids is 2. The summed E-state index contributed by atoms with van der Waals surface area (Å²) >= 11 is 0. The van der Waals surface area contributed by atoms with Crippen LogP contribution < -0.4 is 10.7 Å². The summed E-state index contributed by atoms with van der Waals surface area (Å²) in [4.78, 5) is 24.8. The van der Waals surface area contributed by atoms with Crippen molar-refractivity contribution >= 4 is 23.7 Å². The van der Waals surface area contributed by atoms with Crippen LogP contribution >= 0.6 is 0 Å². The van der Waals surface area contributed by atoms with Gasteiger partial charge in [0.2, 0.25) is 0 Å². The molecule has 0 aliphatic carbocycles. The van der Waals surface area contributed by atoms with E-state index in [1.165, 1.54) is 0 Å². The average Bonchev–Trinajstić information content (AvgIpc) is 2.70. The lowest BCUT2D eigenvalue weighted by Crippen LogP contribution is -2.21. The van der Waals surface area contributed by atoms with Crippen LogP contribution in [0.2, 0.25) is 0 Å². The SMILES string of the molecule is Cc1ccc(C=NNC(=O)c2ccccc2NC(=O)c2ccccc2)cc1. The molecule has 0 fully saturated rings. The van der Waals surface area contributed by atoms with Gasteiger partial charge in [-0.25, -0.2) is 5.43 Å². The Morgan fingerprint density at radius 2 is 1.48 bits per heavy atom. The molecule has 3 aromatic carbocycles. The van der Waals surface area contributed by atoms with Gasteiger partial charge in [0.25, 0.3) is 11.8 Å². The number of nitrogens with one attached hydrogen (secondary N) is 2. The van der Waals surface area contributed by atoms with Crippen molar-refractivity contribution in [2.45, 2.75) is 6.92 Å². The highest BCUT2D eigenvalue weighted by atomic mass is 16.2. The first-order chi connectivity index (χ1) is 13.1. The van der Waals surface area contributed by atoms with Crippen LogP contribution in [0.1, 0.15) is 31.8 Å². The molecule has 3 aromatic rings. The monoisotopic (exact) mass is 357 g/mol. The van der Waals surface area contributed by atoms with Crippen LogP contribution in [-0.4, -0.2) is 18.0 Å². The summed E-state index contributed by atoms with van der Waals surface area (Å²) in [6, 6.07) is 23.4. The number of nitrogens with zero attached hydrogens (tertiary/aromatic N) is 1. The Balaban J connectivity index is 1.70. The molecule has 134 valence electrons. The third-order valence-electron chi connectivity index (χ3n) is 3.91. The fraction of sp³-hybridized carbons (Fsp3) is 0.0455. The van der Waals surface area contributed by atoms with E-state index in [2.05, 4.69) is 15.8 Å². The number of carbonyl (C=O) groups is 2. The van der Waals surface area contributed by atoms with E-state index in [9.17, 15) is 9.59 Å². The minimum atomic E-state index is -0.401. The molecule has 0 radical (unpaired) electrons. The summed E-state index contributed by atoms with van der Waals surface area (Å²) in [7, 11) is 0. The van der Waals surface area contributed by atoms with Gasteiger partial charge in [-0.15, -0.1) is 0 Å². The summed E-state index contributed by atoms with van der Waals surface area (Å²) < 4.78 is 0. The van der Waals surface area contributed by atoms with Crippen LogP contribution in [0.25, 0.3) is 0 Å². The number of amides is 2. The van der Waals surface area contributed by atoms with Gasteiger partial charge in [0.15, 0.2) is 0 Å². The standard InChI is InChI=1S/C22H19N3O2/c1-16-11-13-17(14-12-16)15-23-25-22(27)19-9-5-6-10-20(19)24-21(26)18-7-3-2-4-8-18/h2-15H,1H3,(H,24,26)(H,25,27). The predicted octanol–water partition coefficient (Wildman–Crippen LogP) is 4.01. The molecule has 0 spiro atoms. The van der Waals surface area contributed by atoms with E-state index in [-0.39, 0.29) is 5.91 Å². The number of anilines is 1. The smallest absolute Gasteiger partial charge is 0.273 e. The van der Waals surface area contributed by atoms with Crippen LogP contribution in [0.4, 0.5) is 5.69 Å². The fourth-order valence-corrected chi connectivity index (χ4v) is 2.45. The van der Waals surface area contributed by atoms with Crippen LogP contribution in [0.15, 0.2) is 84.0 Å². The molecule has 5 heteroatoms. The van der Waals surface area contributed by atoms with Crippen LogP contribution in [0, 0.1) is 6.92 Å². The number of rotatable bonds is 5. The van der Waals surface area contributed by atoms with Gasteiger partial charge in [0.05, 0.1) is 17.5 Å². The van der Waals surface area contributed by atoms with Gasteiger partial charge >= 0.3 is 0 Å². The van der Waals surface area contributed by atoms with E-state index in [0.29, 0.717) is 16.8 Å². The first kappa shape index (κ1) is 18.1. The minimum absolute atomic E-state index is 0.279. The molecule has 0 aliphatic rings. The van der Waals surface area contributed by atoms with Gasteiger partial charge in [-0.1, -0.05) is 60.2 Å². The quantitative estimate of drug-likeness (QED) is 0.535. The van der Waals surface area contributed by atoms with Gasteiger partial charge in [-0.3, -0.25) is 9.59 Å². The maximum Gasteiger partial charge on any atom is 0.273 e. The summed E-state index contributed by atoms with van der Waals surface area (Å²) in [6.45, 7) is 2.00. The molecule has 0 atom stereocenters. The topological polar surface area (TPSA) is 70.6 Å². The van der Waals surface area contributed by atoms with Gasteiger partial charge < -0.3 is 5.32 Å². The lowest BCUT2D eigenvalue weighted by Gasteiger charge is -2.10. The Bertz CT molecular complexity index is 964. The molecular weight excluding hydrogens is 338 g/mol. The molecule has 0 saturated heterocycles.